The normalized spacial score (nSPS) is 11.9. The highest BCUT2D eigenvalue weighted by molar-refractivity contribution is 6.24. The fourth-order valence-electron chi connectivity index (χ4n) is 9.07. The Bertz CT molecular complexity index is 3710. The molecule has 0 spiro atoms. The predicted octanol–water partition coefficient (Wildman–Crippen LogP) is 15.7. The zero-order valence-electron chi connectivity index (χ0n) is 36.5. The summed E-state index contributed by atoms with van der Waals surface area (Å²) in [6.07, 6.45) is 5.51. The van der Waals surface area contributed by atoms with Gasteiger partial charge in [-0.25, -0.2) is 15.0 Å². The quantitative estimate of drug-likeness (QED) is 0.118. The lowest BCUT2D eigenvalue weighted by Crippen LogP contribution is -2.02. The molecule has 0 atom stereocenters. The highest BCUT2D eigenvalue weighted by Crippen LogP contribution is 2.52. The summed E-state index contributed by atoms with van der Waals surface area (Å²) in [4.78, 5) is 14.8. The van der Waals surface area contributed by atoms with Gasteiger partial charge in [-0.15, -0.1) is 6.58 Å². The number of rotatable bonds is 7. The van der Waals surface area contributed by atoms with Gasteiger partial charge in [0, 0.05) is 49.6 Å². The van der Waals surface area contributed by atoms with Crippen LogP contribution in [0.3, 0.4) is 0 Å². The summed E-state index contributed by atoms with van der Waals surface area (Å²) in [5.74, 6) is 4.55. The van der Waals surface area contributed by atoms with Crippen molar-refractivity contribution in [3.05, 3.63) is 219 Å². The molecule has 7 nitrogen and oxygen atoms in total. The first-order chi connectivity index (χ1) is 32.6. The molecule has 0 radical (unpaired) electrons. The van der Waals surface area contributed by atoms with Gasteiger partial charge in [-0.1, -0.05) is 146 Å². The molecule has 1 aliphatic heterocycles. The van der Waals surface area contributed by atoms with E-state index >= 15 is 0 Å². The Hall–Kier alpha value is -8.81. The van der Waals surface area contributed by atoms with Gasteiger partial charge in [0.25, 0.3) is 0 Å². The van der Waals surface area contributed by atoms with Crippen molar-refractivity contribution in [2.45, 2.75) is 13.8 Å². The van der Waals surface area contributed by atoms with E-state index in [2.05, 4.69) is 144 Å². The molecule has 12 rings (SSSR count). The lowest BCUT2D eigenvalue weighted by atomic mass is 10.0. The van der Waals surface area contributed by atoms with Crippen molar-refractivity contribution in [1.29, 1.82) is 0 Å². The number of nitrogens with zero attached hydrogens (tertiary/aromatic N) is 5. The van der Waals surface area contributed by atoms with Crippen molar-refractivity contribution in [1.82, 2.24) is 24.1 Å². The molecule has 3 aromatic heterocycles. The van der Waals surface area contributed by atoms with Crippen molar-refractivity contribution in [3.63, 3.8) is 0 Å². The van der Waals surface area contributed by atoms with E-state index in [0.717, 1.165) is 77.4 Å². The molecule has 0 saturated heterocycles. The van der Waals surface area contributed by atoms with E-state index in [9.17, 15) is 0 Å². The van der Waals surface area contributed by atoms with Crippen LogP contribution in [0.15, 0.2) is 213 Å². The fourth-order valence-corrected chi connectivity index (χ4v) is 9.07. The second kappa shape index (κ2) is 16.7. The van der Waals surface area contributed by atoms with Gasteiger partial charge in [0.2, 0.25) is 0 Å². The molecule has 316 valence electrons. The van der Waals surface area contributed by atoms with Crippen LogP contribution in [0.4, 0.5) is 0 Å². The van der Waals surface area contributed by atoms with Gasteiger partial charge in [-0.3, -0.25) is 0 Å². The molecule has 7 heteroatoms. The maximum atomic E-state index is 6.76. The van der Waals surface area contributed by atoms with E-state index in [1.165, 1.54) is 5.39 Å². The second-order valence-electron chi connectivity index (χ2n) is 16.0. The summed E-state index contributed by atoms with van der Waals surface area (Å²) in [5, 5.41) is 4.51. The summed E-state index contributed by atoms with van der Waals surface area (Å²) in [6.45, 7) is 11.2. The Labute approximate surface area is 382 Å². The van der Waals surface area contributed by atoms with E-state index in [1.54, 1.807) is 12.2 Å². The minimum atomic E-state index is 0.582. The average Bonchev–Trinajstić information content (AvgIpc) is 3.90. The fraction of sp³-hybridized carbons (Fsp3) is 0.0339. The van der Waals surface area contributed by atoms with Crippen LogP contribution in [0.5, 0.6) is 23.0 Å². The van der Waals surface area contributed by atoms with Gasteiger partial charge >= 0.3 is 0 Å². The zero-order chi connectivity index (χ0) is 44.7. The van der Waals surface area contributed by atoms with Crippen LogP contribution in [0.2, 0.25) is 0 Å². The van der Waals surface area contributed by atoms with E-state index in [1.807, 2.05) is 80.6 Å². The van der Waals surface area contributed by atoms with Crippen LogP contribution in [-0.2, 0) is 0 Å². The van der Waals surface area contributed by atoms with Crippen molar-refractivity contribution in [2.24, 2.45) is 0 Å². The van der Waals surface area contributed by atoms with Crippen molar-refractivity contribution in [2.75, 3.05) is 0 Å². The van der Waals surface area contributed by atoms with Crippen LogP contribution in [0.25, 0.3) is 94.5 Å². The molecule has 0 unspecified atom stereocenters. The number of allylic oxidation sites excluding steroid dienone is 4. The Morgan fingerprint density at radius 1 is 0.455 bits per heavy atom. The molecular formula is C59H43N5O2. The topological polar surface area (TPSA) is 67.0 Å². The maximum Gasteiger partial charge on any atom is 0.194 e. The first-order valence-corrected chi connectivity index (χ1v) is 22.0. The molecule has 0 fully saturated rings. The molecule has 0 aliphatic carbocycles. The van der Waals surface area contributed by atoms with E-state index < -0.39 is 0 Å². The first kappa shape index (κ1) is 40.0. The number of aromatic nitrogens is 5. The Morgan fingerprint density at radius 3 is 1.74 bits per heavy atom. The molecule has 4 heterocycles. The largest absolute Gasteiger partial charge is 0.449 e. The summed E-state index contributed by atoms with van der Waals surface area (Å²) >= 11 is 0. The second-order valence-corrected chi connectivity index (χ2v) is 16.0. The Balaban J connectivity index is 0.00000156. The zero-order valence-corrected chi connectivity index (χ0v) is 36.5. The van der Waals surface area contributed by atoms with Gasteiger partial charge in [0.1, 0.15) is 5.52 Å². The van der Waals surface area contributed by atoms with Crippen LogP contribution in [0.1, 0.15) is 19.7 Å². The van der Waals surface area contributed by atoms with E-state index in [0.29, 0.717) is 40.5 Å². The summed E-state index contributed by atoms with van der Waals surface area (Å²) in [5.41, 5.74) is 11.1. The van der Waals surface area contributed by atoms with Crippen molar-refractivity contribution >= 4 is 49.2 Å². The predicted molar refractivity (Wildman–Crippen MR) is 271 cm³/mol. The number of hydrogen-bond acceptors (Lipinski definition) is 5. The van der Waals surface area contributed by atoms with Crippen LogP contribution < -0.4 is 9.47 Å². The van der Waals surface area contributed by atoms with E-state index in [4.69, 9.17) is 24.4 Å². The van der Waals surface area contributed by atoms with Gasteiger partial charge < -0.3 is 18.6 Å². The molecule has 11 aromatic rings. The van der Waals surface area contributed by atoms with Gasteiger partial charge in [0.05, 0.1) is 16.6 Å². The minimum Gasteiger partial charge on any atom is -0.449 e. The molecule has 0 saturated carbocycles. The molecule has 0 amide bonds. The van der Waals surface area contributed by atoms with Crippen molar-refractivity contribution < 1.29 is 9.47 Å². The number of ether oxygens (including phenoxy) is 2. The summed E-state index contributed by atoms with van der Waals surface area (Å²) < 4.78 is 18.0. The third kappa shape index (κ3) is 6.73. The number of hydrogen-bond donors (Lipinski definition) is 0. The SMILES string of the molecule is C=C/C(=C\C)c1nc(-c2ccccc2)nc(-c2cccc(-c3cccc(-n4c5ccccc5c5ccc6c7ccc8c(c7n(-c7ccccc7)c6c54)Oc4ccccc4O8)c3)c2)n1.C=CC. The molecule has 0 bridgehead atoms. The van der Waals surface area contributed by atoms with Crippen molar-refractivity contribution in [3.8, 4) is 68.3 Å². The highest BCUT2D eigenvalue weighted by Gasteiger charge is 2.28. The number of fused-ring (bicyclic) bond motifs is 10. The Morgan fingerprint density at radius 2 is 1.00 bits per heavy atom. The molecule has 1 aliphatic rings. The van der Waals surface area contributed by atoms with Crippen LogP contribution in [-0.4, -0.2) is 24.1 Å². The van der Waals surface area contributed by atoms with Gasteiger partial charge in [0.15, 0.2) is 40.5 Å². The lowest BCUT2D eigenvalue weighted by Gasteiger charge is -2.22. The van der Waals surface area contributed by atoms with E-state index in [-0.39, 0.29) is 0 Å². The summed E-state index contributed by atoms with van der Waals surface area (Å²) in [6, 6.07) is 63.0. The number of benzene rings is 8. The Kier molecular flexibility index (Phi) is 10.1. The molecular weight excluding hydrogens is 811 g/mol. The molecule has 8 aromatic carbocycles. The minimum absolute atomic E-state index is 0.582. The smallest absolute Gasteiger partial charge is 0.194 e. The monoisotopic (exact) mass is 853 g/mol. The van der Waals surface area contributed by atoms with Crippen LogP contribution >= 0.6 is 0 Å². The molecule has 0 N–H and O–H groups in total. The maximum absolute atomic E-state index is 6.76. The highest BCUT2D eigenvalue weighted by atomic mass is 16.6. The standard InChI is InChI=1S/C56H37N5O2.C3H6/c1-3-35(4-2)54-57-55(36-17-7-5-8-18-36)59-56(58-54)39-21-15-19-37(33-39)38-20-16-24-41(34-38)60-46-26-12-11-25-42(46)43-29-30-44-45-31-32-49-53(63-48-28-14-13-27-47(48)62-49)52(45)61(51(44)50(43)60)40-22-9-6-10-23-40;1-3-2/h3-34H,1H2,2H3;3H,1H2,2H3/b35-4+;. The summed E-state index contributed by atoms with van der Waals surface area (Å²) in [7, 11) is 0. The third-order valence-corrected chi connectivity index (χ3v) is 12.0. The third-order valence-electron chi connectivity index (χ3n) is 12.0. The lowest BCUT2D eigenvalue weighted by molar-refractivity contribution is 0.362. The van der Waals surface area contributed by atoms with Gasteiger partial charge in [-0.05, 0) is 85.6 Å². The van der Waals surface area contributed by atoms with Gasteiger partial charge in [-0.2, -0.15) is 0 Å². The first-order valence-electron chi connectivity index (χ1n) is 22.0. The number of para-hydroxylation sites is 4. The molecule has 66 heavy (non-hydrogen) atoms. The average molecular weight is 854 g/mol. The van der Waals surface area contributed by atoms with Crippen LogP contribution in [0, 0.1) is 0 Å².